The van der Waals surface area contributed by atoms with Gasteiger partial charge >= 0.3 is 0 Å². The number of hydrogen-bond donors (Lipinski definition) is 5. The van der Waals surface area contributed by atoms with E-state index in [9.17, 15) is 9.59 Å². The van der Waals surface area contributed by atoms with Crippen LogP contribution in [-0.4, -0.2) is 56.4 Å². The number of aromatic nitrogens is 5. The predicted octanol–water partition coefficient (Wildman–Crippen LogP) is 4.66. The van der Waals surface area contributed by atoms with Crippen LogP contribution in [0, 0.1) is 0 Å². The van der Waals surface area contributed by atoms with E-state index in [-0.39, 0.29) is 11.8 Å². The number of imidazole rings is 2. The van der Waals surface area contributed by atoms with Crippen molar-refractivity contribution in [3.8, 4) is 0 Å². The van der Waals surface area contributed by atoms with E-state index in [1.54, 1.807) is 31.1 Å². The number of rotatable bonds is 23. The zero-order chi connectivity index (χ0) is 30.4. The maximum absolute atomic E-state index is 12.9. The van der Waals surface area contributed by atoms with E-state index < -0.39 is 0 Å². The Balaban J connectivity index is 1.39. The van der Waals surface area contributed by atoms with Gasteiger partial charge in [0, 0.05) is 80.7 Å². The van der Waals surface area contributed by atoms with Gasteiger partial charge in [0.15, 0.2) is 0 Å². The van der Waals surface area contributed by atoms with Gasteiger partial charge in [-0.05, 0) is 36.1 Å². The minimum Gasteiger partial charge on any atom is -0.352 e. The van der Waals surface area contributed by atoms with Crippen molar-refractivity contribution in [3.05, 3.63) is 76.0 Å². The molecule has 0 aliphatic carbocycles. The van der Waals surface area contributed by atoms with Gasteiger partial charge in [-0.15, -0.1) is 0 Å². The fourth-order valence-electron chi connectivity index (χ4n) is 4.68. The number of amides is 2. The van der Waals surface area contributed by atoms with Gasteiger partial charge in [-0.2, -0.15) is 0 Å². The summed E-state index contributed by atoms with van der Waals surface area (Å²) in [6, 6.07) is 3.68. The van der Waals surface area contributed by atoms with Gasteiger partial charge in [-0.3, -0.25) is 9.59 Å². The van der Waals surface area contributed by atoms with Gasteiger partial charge in [0.1, 0.15) is 5.69 Å². The first-order chi connectivity index (χ1) is 21.1. The molecule has 0 bridgehead atoms. The maximum atomic E-state index is 12.9. The number of aromatic amines is 2. The Morgan fingerprint density at radius 1 is 0.814 bits per heavy atom. The van der Waals surface area contributed by atoms with E-state index in [1.807, 2.05) is 6.07 Å². The third-order valence-corrected chi connectivity index (χ3v) is 7.05. The lowest BCUT2D eigenvalue weighted by Gasteiger charge is -2.11. The quantitative estimate of drug-likeness (QED) is 0.0461. The van der Waals surface area contributed by atoms with Crippen LogP contribution in [-0.2, 0) is 30.7 Å². The van der Waals surface area contributed by atoms with E-state index in [0.29, 0.717) is 44.7 Å². The van der Waals surface area contributed by atoms with E-state index in [2.05, 4.69) is 50.9 Å². The second-order valence-corrected chi connectivity index (χ2v) is 10.6. The Bertz CT molecular complexity index is 1240. The van der Waals surface area contributed by atoms with E-state index >= 15 is 0 Å². The number of unbranched alkanes of at least 4 members (excludes halogenated alkanes) is 8. The van der Waals surface area contributed by atoms with Crippen molar-refractivity contribution in [1.82, 2.24) is 40.9 Å². The first kappa shape index (κ1) is 33.3. The Hall–Kier alpha value is -4.22. The highest BCUT2D eigenvalue weighted by molar-refractivity contribution is 5.92. The normalized spacial score (nSPS) is 10.8. The molecule has 0 aromatic carbocycles. The monoisotopic (exact) mass is 591 g/mol. The molecule has 3 aromatic rings. The fourth-order valence-corrected chi connectivity index (χ4v) is 4.68. The van der Waals surface area contributed by atoms with Crippen molar-refractivity contribution in [2.75, 3.05) is 19.6 Å². The largest absolute Gasteiger partial charge is 0.352 e. The average molecular weight is 592 g/mol. The highest BCUT2D eigenvalue weighted by Crippen LogP contribution is 2.12. The Kier molecular flexibility index (Phi) is 16.0. The van der Waals surface area contributed by atoms with Gasteiger partial charge in [-0.1, -0.05) is 50.1 Å². The standard InChI is InChI=1S/C30H45N11O2/c31-41-39-13-9-7-5-3-1-2-4-6-8-10-29(42)36-18-24-16-27(21-32-14-11-25-19-33-22-37-25)40-28(17-24)30(43)35-15-12-26-20-34-23-38-26/h16-17,19-20,22-23,32H,1-15,18,21H2,(H,33,37)(H,34,38)(H,35,43)(H,36,42). The highest BCUT2D eigenvalue weighted by atomic mass is 16.2. The van der Waals surface area contributed by atoms with E-state index in [1.165, 1.54) is 25.7 Å². The number of carbonyl (C=O) groups is 2. The average Bonchev–Trinajstić information content (AvgIpc) is 3.74. The summed E-state index contributed by atoms with van der Waals surface area (Å²) in [5.41, 5.74) is 12.2. The molecule has 0 aliphatic rings. The van der Waals surface area contributed by atoms with Crippen molar-refractivity contribution in [2.45, 2.75) is 90.1 Å². The fraction of sp³-hybridized carbons (Fsp3) is 0.567. The number of H-pyrrole nitrogens is 2. The lowest BCUT2D eigenvalue weighted by molar-refractivity contribution is -0.121. The summed E-state index contributed by atoms with van der Waals surface area (Å²) in [4.78, 5) is 46.9. The van der Waals surface area contributed by atoms with Crippen LogP contribution < -0.4 is 16.0 Å². The maximum Gasteiger partial charge on any atom is 0.269 e. The summed E-state index contributed by atoms with van der Waals surface area (Å²) in [5, 5.41) is 12.9. The molecule has 5 N–H and O–H groups in total. The lowest BCUT2D eigenvalue weighted by Crippen LogP contribution is -2.28. The van der Waals surface area contributed by atoms with E-state index in [0.717, 1.165) is 67.7 Å². The summed E-state index contributed by atoms with van der Waals surface area (Å²) in [6.45, 7) is 2.63. The van der Waals surface area contributed by atoms with Gasteiger partial charge in [0.05, 0.1) is 18.3 Å². The molecule has 0 saturated carbocycles. The highest BCUT2D eigenvalue weighted by Gasteiger charge is 2.12. The molecule has 0 atom stereocenters. The molecule has 0 saturated heterocycles. The third-order valence-electron chi connectivity index (χ3n) is 7.05. The van der Waals surface area contributed by atoms with Crippen LogP contribution in [0.1, 0.15) is 97.3 Å². The van der Waals surface area contributed by atoms with Gasteiger partial charge in [-0.25, -0.2) is 15.0 Å². The topological polar surface area (TPSA) is 189 Å². The van der Waals surface area contributed by atoms with Crippen molar-refractivity contribution < 1.29 is 9.59 Å². The van der Waals surface area contributed by atoms with Crippen molar-refractivity contribution in [2.24, 2.45) is 5.11 Å². The molecular formula is C30H45N11O2. The van der Waals surface area contributed by atoms with Crippen molar-refractivity contribution in [1.29, 1.82) is 0 Å². The molecule has 0 spiro atoms. The molecule has 43 heavy (non-hydrogen) atoms. The van der Waals surface area contributed by atoms with E-state index in [4.69, 9.17) is 5.53 Å². The molecule has 2 amide bonds. The number of hydrogen-bond acceptors (Lipinski definition) is 7. The van der Waals surface area contributed by atoms with Crippen LogP contribution in [0.4, 0.5) is 0 Å². The number of nitrogens with one attached hydrogen (secondary N) is 5. The molecule has 3 rings (SSSR count). The summed E-state index contributed by atoms with van der Waals surface area (Å²) in [7, 11) is 0. The van der Waals surface area contributed by atoms with Crippen LogP contribution in [0.5, 0.6) is 0 Å². The summed E-state index contributed by atoms with van der Waals surface area (Å²) < 4.78 is 0. The summed E-state index contributed by atoms with van der Waals surface area (Å²) in [6.07, 6.45) is 18.6. The van der Waals surface area contributed by atoms with Crippen LogP contribution in [0.25, 0.3) is 10.4 Å². The third kappa shape index (κ3) is 14.5. The zero-order valence-corrected chi connectivity index (χ0v) is 25.0. The molecule has 13 nitrogen and oxygen atoms in total. The molecule has 0 fully saturated rings. The Labute approximate surface area is 253 Å². The molecular weight excluding hydrogens is 546 g/mol. The number of nitrogens with zero attached hydrogens (tertiary/aromatic N) is 6. The summed E-state index contributed by atoms with van der Waals surface area (Å²) >= 11 is 0. The molecule has 3 heterocycles. The first-order valence-electron chi connectivity index (χ1n) is 15.3. The number of carbonyl (C=O) groups excluding carboxylic acids is 2. The molecule has 0 aliphatic heterocycles. The summed E-state index contributed by atoms with van der Waals surface area (Å²) in [5.74, 6) is -0.235. The smallest absolute Gasteiger partial charge is 0.269 e. The van der Waals surface area contributed by atoms with Crippen LogP contribution in [0.3, 0.4) is 0 Å². The Morgan fingerprint density at radius 2 is 1.47 bits per heavy atom. The molecule has 0 radical (unpaired) electrons. The number of pyridine rings is 1. The minimum absolute atomic E-state index is 0.0154. The second kappa shape index (κ2) is 20.6. The molecule has 13 heteroatoms. The van der Waals surface area contributed by atoms with Crippen LogP contribution >= 0.6 is 0 Å². The molecule has 0 unspecified atom stereocenters. The SMILES string of the molecule is [N-]=[N+]=NCCCCCCCCCCCC(=O)NCc1cc(CNCCc2cnc[nH]2)nc(C(=O)NCCc2cnc[nH]2)c1. The van der Waals surface area contributed by atoms with Gasteiger partial charge < -0.3 is 25.9 Å². The minimum atomic E-state index is -0.250. The van der Waals surface area contributed by atoms with Gasteiger partial charge in [0.25, 0.3) is 5.91 Å². The van der Waals surface area contributed by atoms with Crippen LogP contribution in [0.2, 0.25) is 0 Å². The van der Waals surface area contributed by atoms with Gasteiger partial charge in [0.2, 0.25) is 5.91 Å². The molecule has 3 aromatic heterocycles. The van der Waals surface area contributed by atoms with Crippen molar-refractivity contribution in [3.63, 3.8) is 0 Å². The second-order valence-electron chi connectivity index (χ2n) is 10.6. The molecule has 232 valence electrons. The number of azide groups is 1. The Morgan fingerprint density at radius 3 is 2.12 bits per heavy atom. The first-order valence-corrected chi connectivity index (χ1v) is 15.3. The van der Waals surface area contributed by atoms with Crippen LogP contribution in [0.15, 0.2) is 42.3 Å². The zero-order valence-electron chi connectivity index (χ0n) is 25.0. The predicted molar refractivity (Wildman–Crippen MR) is 165 cm³/mol. The van der Waals surface area contributed by atoms with Crippen molar-refractivity contribution >= 4 is 11.8 Å². The lowest BCUT2D eigenvalue weighted by atomic mass is 10.1.